The first-order valence-electron chi connectivity index (χ1n) is 11.6. The zero-order chi connectivity index (χ0) is 26.2. The lowest BCUT2D eigenvalue weighted by Gasteiger charge is -2.32. The summed E-state index contributed by atoms with van der Waals surface area (Å²) in [6, 6.07) is 8.96. The van der Waals surface area contributed by atoms with Crippen LogP contribution in [0, 0.1) is 5.92 Å². The summed E-state index contributed by atoms with van der Waals surface area (Å²) in [6.45, 7) is 3.85. The summed E-state index contributed by atoms with van der Waals surface area (Å²) in [5.41, 5.74) is 2.45. The molecule has 192 valence electrons. The standard InChI is InChI=1S/C25H28F3N5O3/c1-14-12-32(13-17-6-4-16(5-7-17)11-29-3)24(36)21-10-20(31-33(14)21)23-19(30-15(2)34)8-18(9-22(23)35)25(26,27)28/h4-7,10-11,14,18,22,35H,8-9,12-13H2,1-3H3,(H,30,34)/b29-11+/t14-,18?,22?/m0/s1. The van der Waals surface area contributed by atoms with E-state index >= 15 is 0 Å². The molecule has 36 heavy (non-hydrogen) atoms. The summed E-state index contributed by atoms with van der Waals surface area (Å²) >= 11 is 0. The fourth-order valence-electron chi connectivity index (χ4n) is 4.81. The number of aliphatic imine (C=N–C) groups is 1. The van der Waals surface area contributed by atoms with Gasteiger partial charge in [-0.2, -0.15) is 18.3 Å². The van der Waals surface area contributed by atoms with Crippen molar-refractivity contribution in [3.63, 3.8) is 0 Å². The molecule has 0 radical (unpaired) electrons. The predicted molar refractivity (Wildman–Crippen MR) is 127 cm³/mol. The van der Waals surface area contributed by atoms with Crippen molar-refractivity contribution in [2.45, 2.75) is 51.6 Å². The minimum atomic E-state index is -4.52. The van der Waals surface area contributed by atoms with Gasteiger partial charge in [-0.1, -0.05) is 24.3 Å². The Bertz CT molecular complexity index is 1220. The molecule has 11 heteroatoms. The van der Waals surface area contributed by atoms with Crippen molar-refractivity contribution in [3.05, 3.63) is 58.5 Å². The lowest BCUT2D eigenvalue weighted by atomic mass is 9.83. The molecule has 3 atom stereocenters. The van der Waals surface area contributed by atoms with Crippen molar-refractivity contribution >= 4 is 23.6 Å². The molecular weight excluding hydrogens is 475 g/mol. The van der Waals surface area contributed by atoms with Crippen molar-refractivity contribution in [2.75, 3.05) is 13.6 Å². The number of benzene rings is 1. The molecule has 1 aromatic carbocycles. The number of aromatic nitrogens is 2. The number of amides is 2. The van der Waals surface area contributed by atoms with E-state index in [1.54, 1.807) is 18.2 Å². The van der Waals surface area contributed by atoms with Gasteiger partial charge in [0.15, 0.2) is 0 Å². The molecule has 2 aromatic rings. The number of hydrogen-bond donors (Lipinski definition) is 2. The Morgan fingerprint density at radius 3 is 2.61 bits per heavy atom. The molecule has 1 aliphatic heterocycles. The third-order valence-corrected chi connectivity index (χ3v) is 6.46. The van der Waals surface area contributed by atoms with E-state index in [9.17, 15) is 27.9 Å². The molecule has 0 fully saturated rings. The Morgan fingerprint density at radius 2 is 2.00 bits per heavy atom. The average Bonchev–Trinajstić information content (AvgIpc) is 3.23. The fourth-order valence-corrected chi connectivity index (χ4v) is 4.81. The average molecular weight is 504 g/mol. The maximum atomic E-state index is 13.4. The van der Waals surface area contributed by atoms with Gasteiger partial charge >= 0.3 is 6.18 Å². The van der Waals surface area contributed by atoms with Crippen molar-refractivity contribution in [2.24, 2.45) is 10.9 Å². The van der Waals surface area contributed by atoms with Crippen LogP contribution in [0.25, 0.3) is 5.57 Å². The summed E-state index contributed by atoms with van der Waals surface area (Å²) in [5, 5.41) is 17.6. The normalized spacial score (nSPS) is 22.8. The molecule has 2 unspecified atom stereocenters. The first-order chi connectivity index (χ1) is 17.0. The van der Waals surface area contributed by atoms with E-state index in [0.717, 1.165) is 11.1 Å². The van der Waals surface area contributed by atoms with Crippen molar-refractivity contribution in [3.8, 4) is 0 Å². The van der Waals surface area contributed by atoms with Crippen LogP contribution in [0.4, 0.5) is 13.2 Å². The van der Waals surface area contributed by atoms with Crippen molar-refractivity contribution in [1.29, 1.82) is 0 Å². The van der Waals surface area contributed by atoms with E-state index < -0.39 is 36.9 Å². The number of fused-ring (bicyclic) bond motifs is 1. The number of rotatable bonds is 5. The van der Waals surface area contributed by atoms with E-state index in [-0.39, 0.29) is 34.6 Å². The highest BCUT2D eigenvalue weighted by Gasteiger charge is 2.45. The Balaban J connectivity index is 1.65. The third kappa shape index (κ3) is 5.20. The minimum absolute atomic E-state index is 0.0216. The lowest BCUT2D eigenvalue weighted by Crippen LogP contribution is -2.41. The number of halogens is 3. The molecule has 0 saturated heterocycles. The Morgan fingerprint density at radius 1 is 1.31 bits per heavy atom. The second kappa shape index (κ2) is 9.88. The van der Waals surface area contributed by atoms with E-state index in [4.69, 9.17) is 0 Å². The molecule has 2 aliphatic rings. The van der Waals surface area contributed by atoms with Crippen LogP contribution in [0.15, 0.2) is 41.0 Å². The van der Waals surface area contributed by atoms with Gasteiger partial charge < -0.3 is 15.3 Å². The maximum absolute atomic E-state index is 13.4. The molecule has 0 bridgehead atoms. The number of carbonyl (C=O) groups excluding carboxylic acids is 2. The Labute approximate surface area is 206 Å². The van der Waals surface area contributed by atoms with Crippen LogP contribution in [0.3, 0.4) is 0 Å². The zero-order valence-corrected chi connectivity index (χ0v) is 20.2. The lowest BCUT2D eigenvalue weighted by molar-refractivity contribution is -0.181. The number of allylic oxidation sites excluding steroid dienone is 1. The summed E-state index contributed by atoms with van der Waals surface area (Å²) in [6.07, 6.45) is -5.30. The van der Waals surface area contributed by atoms with Crippen LogP contribution in [0.1, 0.15) is 60.0 Å². The topological polar surface area (TPSA) is 99.8 Å². The van der Waals surface area contributed by atoms with Gasteiger partial charge in [0.25, 0.3) is 5.91 Å². The quantitative estimate of drug-likeness (QED) is 0.612. The minimum Gasteiger partial charge on any atom is -0.388 e. The second-order valence-corrected chi connectivity index (χ2v) is 9.29. The summed E-state index contributed by atoms with van der Waals surface area (Å²) in [4.78, 5) is 30.7. The molecular formula is C25H28F3N5O3. The highest BCUT2D eigenvalue weighted by Crippen LogP contribution is 2.42. The number of hydrogen-bond acceptors (Lipinski definition) is 5. The SMILES string of the molecule is C/N=C/c1ccc(CN2C[C@H](C)n3nc(C4=C(NC(C)=O)CC(C(F)(F)F)CC4O)cc3C2=O)cc1. The van der Waals surface area contributed by atoms with E-state index in [0.29, 0.717) is 13.1 Å². The van der Waals surface area contributed by atoms with Gasteiger partial charge in [0.05, 0.1) is 23.8 Å². The Kier molecular flexibility index (Phi) is 7.03. The maximum Gasteiger partial charge on any atom is 0.392 e. The van der Waals surface area contributed by atoms with Crippen LogP contribution >= 0.6 is 0 Å². The third-order valence-electron chi connectivity index (χ3n) is 6.46. The van der Waals surface area contributed by atoms with Gasteiger partial charge in [-0.15, -0.1) is 0 Å². The van der Waals surface area contributed by atoms with Gasteiger partial charge in [-0.05, 0) is 37.0 Å². The summed E-state index contributed by atoms with van der Waals surface area (Å²) < 4.78 is 41.7. The zero-order valence-electron chi connectivity index (χ0n) is 20.2. The summed E-state index contributed by atoms with van der Waals surface area (Å²) in [5.74, 6) is -2.61. The number of nitrogens with one attached hydrogen (secondary N) is 1. The van der Waals surface area contributed by atoms with E-state index in [1.807, 2.05) is 31.2 Å². The Hall–Kier alpha value is -3.47. The van der Waals surface area contributed by atoms with Gasteiger partial charge in [-0.3, -0.25) is 19.3 Å². The molecule has 2 heterocycles. The molecule has 1 aliphatic carbocycles. The van der Waals surface area contributed by atoms with Gasteiger partial charge in [0.1, 0.15) is 5.69 Å². The van der Waals surface area contributed by atoms with Gasteiger partial charge in [0.2, 0.25) is 5.91 Å². The van der Waals surface area contributed by atoms with Gasteiger partial charge in [-0.25, -0.2) is 0 Å². The van der Waals surface area contributed by atoms with Crippen LogP contribution in [-0.4, -0.2) is 63.7 Å². The highest BCUT2D eigenvalue weighted by atomic mass is 19.4. The predicted octanol–water partition coefficient (Wildman–Crippen LogP) is 3.33. The molecule has 0 spiro atoms. The molecule has 8 nitrogen and oxygen atoms in total. The van der Waals surface area contributed by atoms with Crippen LogP contribution < -0.4 is 5.32 Å². The highest BCUT2D eigenvalue weighted by molar-refractivity contribution is 5.94. The number of alkyl halides is 3. The van der Waals surface area contributed by atoms with Crippen molar-refractivity contribution in [1.82, 2.24) is 20.0 Å². The number of carbonyl (C=O) groups is 2. The van der Waals surface area contributed by atoms with Crippen LogP contribution in [0.5, 0.6) is 0 Å². The fraction of sp³-hybridized carbons (Fsp3) is 0.440. The molecule has 2 N–H and O–H groups in total. The van der Waals surface area contributed by atoms with Crippen molar-refractivity contribution < 1.29 is 27.9 Å². The second-order valence-electron chi connectivity index (χ2n) is 9.29. The molecule has 1 aromatic heterocycles. The smallest absolute Gasteiger partial charge is 0.388 e. The van der Waals surface area contributed by atoms with Crippen LogP contribution in [0.2, 0.25) is 0 Å². The molecule has 2 amide bonds. The molecule has 0 saturated carbocycles. The monoisotopic (exact) mass is 503 g/mol. The van der Waals surface area contributed by atoms with Crippen LogP contribution in [-0.2, 0) is 11.3 Å². The first-order valence-corrected chi connectivity index (χ1v) is 11.6. The first kappa shape index (κ1) is 25.6. The molecule has 4 rings (SSSR count). The largest absolute Gasteiger partial charge is 0.392 e. The summed E-state index contributed by atoms with van der Waals surface area (Å²) in [7, 11) is 1.69. The van der Waals surface area contributed by atoms with E-state index in [1.165, 1.54) is 17.7 Å². The van der Waals surface area contributed by atoms with E-state index in [2.05, 4.69) is 15.4 Å². The number of nitrogens with zero attached hydrogens (tertiary/aromatic N) is 4. The number of aliphatic hydroxyl groups excluding tert-OH is 1. The van der Waals surface area contributed by atoms with Gasteiger partial charge in [0, 0.05) is 44.5 Å². The number of aliphatic hydroxyl groups is 1.